The zero-order valence-corrected chi connectivity index (χ0v) is 13.6. The van der Waals surface area contributed by atoms with Crippen molar-refractivity contribution in [3.05, 3.63) is 48.4 Å². The minimum absolute atomic E-state index is 0.678. The van der Waals surface area contributed by atoms with Gasteiger partial charge in [-0.15, -0.1) is 22.0 Å². The van der Waals surface area contributed by atoms with Crippen molar-refractivity contribution in [3.8, 4) is 11.4 Å². The maximum atomic E-state index is 4.57. The van der Waals surface area contributed by atoms with Crippen LogP contribution in [0.2, 0.25) is 0 Å². The molecule has 0 radical (unpaired) electrons. The van der Waals surface area contributed by atoms with Gasteiger partial charge in [-0.25, -0.2) is 9.97 Å². The molecule has 0 atom stereocenters. The molecule has 116 valence electrons. The first-order valence-electron chi connectivity index (χ1n) is 7.44. The van der Waals surface area contributed by atoms with E-state index in [1.54, 1.807) is 11.8 Å². The highest BCUT2D eigenvalue weighted by atomic mass is 32.2. The second-order valence-corrected chi connectivity index (χ2v) is 6.10. The highest BCUT2D eigenvalue weighted by molar-refractivity contribution is 7.98. The highest BCUT2D eigenvalue weighted by Crippen LogP contribution is 2.23. The molecule has 0 unspecified atom stereocenters. The molecule has 3 heterocycles. The summed E-state index contributed by atoms with van der Waals surface area (Å²) in [4.78, 5) is 11.1. The van der Waals surface area contributed by atoms with Gasteiger partial charge in [0.25, 0.3) is 0 Å². The van der Waals surface area contributed by atoms with Crippen LogP contribution in [0.5, 0.6) is 0 Å². The Hall–Kier alpha value is -2.41. The third-order valence-corrected chi connectivity index (χ3v) is 4.54. The first kappa shape index (κ1) is 14.2. The predicted octanol–water partition coefficient (Wildman–Crippen LogP) is 2.48. The van der Waals surface area contributed by atoms with E-state index >= 15 is 0 Å². The molecule has 0 saturated heterocycles. The Kier molecular flexibility index (Phi) is 3.70. The molecule has 7 heteroatoms. The van der Waals surface area contributed by atoms with Gasteiger partial charge in [-0.05, 0) is 12.3 Å². The summed E-state index contributed by atoms with van der Waals surface area (Å²) in [7, 11) is 0. The summed E-state index contributed by atoms with van der Waals surface area (Å²) in [5.41, 5.74) is 1.10. The monoisotopic (exact) mass is 324 g/mol. The molecule has 1 aliphatic heterocycles. The molecule has 1 aliphatic rings. The van der Waals surface area contributed by atoms with E-state index < -0.39 is 0 Å². The molecule has 3 aromatic rings. The summed E-state index contributed by atoms with van der Waals surface area (Å²) < 4.78 is 2.18. The van der Waals surface area contributed by atoms with Gasteiger partial charge in [-0.2, -0.15) is 0 Å². The molecule has 0 fully saturated rings. The Bertz CT molecular complexity index is 816. The number of hydrogen-bond donors (Lipinski definition) is 0. The lowest BCUT2D eigenvalue weighted by atomic mass is 10.2. The SMILES string of the molecule is CSc1ccnc(N2CCn3c(nnc3-c3ccccc3)C2)n1. The number of fused-ring (bicyclic) bond motifs is 1. The van der Waals surface area contributed by atoms with Crippen molar-refractivity contribution >= 4 is 17.7 Å². The zero-order chi connectivity index (χ0) is 15.6. The van der Waals surface area contributed by atoms with E-state index in [0.29, 0.717) is 6.54 Å². The van der Waals surface area contributed by atoms with Crippen LogP contribution >= 0.6 is 11.8 Å². The van der Waals surface area contributed by atoms with Gasteiger partial charge in [0, 0.05) is 24.8 Å². The fourth-order valence-corrected chi connectivity index (χ4v) is 3.10. The average molecular weight is 324 g/mol. The topological polar surface area (TPSA) is 59.7 Å². The number of hydrogen-bond acceptors (Lipinski definition) is 6. The fraction of sp³-hybridized carbons (Fsp3) is 0.250. The van der Waals surface area contributed by atoms with Gasteiger partial charge in [0.05, 0.1) is 6.54 Å². The standard InChI is InChI=1S/C16H16N6S/c1-23-14-7-8-17-16(18-14)21-9-10-22-13(11-21)19-20-15(22)12-5-3-2-4-6-12/h2-8H,9-11H2,1H3. The minimum atomic E-state index is 0.678. The van der Waals surface area contributed by atoms with Crippen LogP contribution in [0.15, 0.2) is 47.6 Å². The third kappa shape index (κ3) is 2.68. The van der Waals surface area contributed by atoms with Gasteiger partial charge in [0.15, 0.2) is 11.6 Å². The largest absolute Gasteiger partial charge is 0.331 e. The van der Waals surface area contributed by atoms with Gasteiger partial charge in [0.2, 0.25) is 5.95 Å². The molecule has 0 N–H and O–H groups in total. The molecule has 23 heavy (non-hydrogen) atoms. The number of benzene rings is 1. The first-order valence-corrected chi connectivity index (χ1v) is 8.67. The van der Waals surface area contributed by atoms with Crippen LogP contribution in [0, 0.1) is 0 Å². The van der Waals surface area contributed by atoms with Gasteiger partial charge < -0.3 is 9.47 Å². The molecular formula is C16H16N6S. The molecule has 0 saturated carbocycles. The lowest BCUT2D eigenvalue weighted by Crippen LogP contribution is -2.35. The van der Waals surface area contributed by atoms with E-state index in [1.165, 1.54) is 0 Å². The van der Waals surface area contributed by atoms with E-state index in [9.17, 15) is 0 Å². The Morgan fingerprint density at radius 3 is 2.74 bits per heavy atom. The molecule has 0 amide bonds. The fourth-order valence-electron chi connectivity index (χ4n) is 2.73. The highest BCUT2D eigenvalue weighted by Gasteiger charge is 2.23. The quantitative estimate of drug-likeness (QED) is 0.545. The summed E-state index contributed by atoms with van der Waals surface area (Å²) in [6.07, 6.45) is 3.83. The summed E-state index contributed by atoms with van der Waals surface area (Å²) in [6, 6.07) is 12.1. The van der Waals surface area contributed by atoms with Crippen molar-refractivity contribution in [1.29, 1.82) is 0 Å². The van der Waals surface area contributed by atoms with E-state index in [0.717, 1.165) is 41.3 Å². The van der Waals surface area contributed by atoms with Gasteiger partial charge in [0.1, 0.15) is 5.03 Å². The second kappa shape index (κ2) is 6.00. The second-order valence-electron chi connectivity index (χ2n) is 5.28. The van der Waals surface area contributed by atoms with Crippen LogP contribution < -0.4 is 4.90 Å². The molecule has 0 bridgehead atoms. The number of anilines is 1. The van der Waals surface area contributed by atoms with Gasteiger partial charge in [-0.1, -0.05) is 30.3 Å². The third-order valence-electron chi connectivity index (χ3n) is 3.89. The van der Waals surface area contributed by atoms with Gasteiger partial charge >= 0.3 is 0 Å². The minimum Gasteiger partial charge on any atom is -0.331 e. The van der Waals surface area contributed by atoms with Crippen LogP contribution in [0.1, 0.15) is 5.82 Å². The van der Waals surface area contributed by atoms with Crippen molar-refractivity contribution in [3.63, 3.8) is 0 Å². The van der Waals surface area contributed by atoms with Crippen LogP contribution in [0.3, 0.4) is 0 Å². The van der Waals surface area contributed by atoms with Crippen LogP contribution in [-0.4, -0.2) is 37.5 Å². The predicted molar refractivity (Wildman–Crippen MR) is 90.3 cm³/mol. The van der Waals surface area contributed by atoms with Crippen LogP contribution in [-0.2, 0) is 13.1 Å². The van der Waals surface area contributed by atoms with E-state index in [4.69, 9.17) is 0 Å². The lowest BCUT2D eigenvalue weighted by molar-refractivity contribution is 0.553. The molecule has 0 aliphatic carbocycles. The smallest absolute Gasteiger partial charge is 0.226 e. The van der Waals surface area contributed by atoms with Crippen molar-refractivity contribution in [2.75, 3.05) is 17.7 Å². The van der Waals surface area contributed by atoms with E-state index in [1.807, 2.05) is 36.7 Å². The number of rotatable bonds is 3. The average Bonchev–Trinajstić information content (AvgIpc) is 3.05. The van der Waals surface area contributed by atoms with Crippen molar-refractivity contribution in [2.24, 2.45) is 0 Å². The number of aromatic nitrogens is 5. The van der Waals surface area contributed by atoms with E-state index in [-0.39, 0.29) is 0 Å². The molecule has 2 aromatic heterocycles. The molecular weight excluding hydrogens is 308 g/mol. The van der Waals surface area contributed by atoms with Crippen molar-refractivity contribution in [2.45, 2.75) is 18.1 Å². The Labute approximate surface area is 138 Å². The Balaban J connectivity index is 1.62. The maximum absolute atomic E-state index is 4.57. The summed E-state index contributed by atoms with van der Waals surface area (Å²) >= 11 is 1.62. The number of nitrogens with zero attached hydrogens (tertiary/aromatic N) is 6. The summed E-state index contributed by atoms with van der Waals surface area (Å²) in [5, 5.41) is 9.71. The molecule has 0 spiro atoms. The number of thioether (sulfide) groups is 1. The van der Waals surface area contributed by atoms with E-state index in [2.05, 4.69) is 41.8 Å². The maximum Gasteiger partial charge on any atom is 0.226 e. The molecule has 4 rings (SSSR count). The zero-order valence-electron chi connectivity index (χ0n) is 12.8. The Morgan fingerprint density at radius 1 is 1.04 bits per heavy atom. The summed E-state index contributed by atoms with van der Waals surface area (Å²) in [6.45, 7) is 2.36. The molecule has 6 nitrogen and oxygen atoms in total. The van der Waals surface area contributed by atoms with Crippen LogP contribution in [0.25, 0.3) is 11.4 Å². The molecule has 1 aromatic carbocycles. The Morgan fingerprint density at radius 2 is 1.91 bits per heavy atom. The normalized spacial score (nSPS) is 13.9. The van der Waals surface area contributed by atoms with Crippen LogP contribution in [0.4, 0.5) is 5.95 Å². The summed E-state index contributed by atoms with van der Waals surface area (Å²) in [5.74, 6) is 2.64. The van der Waals surface area contributed by atoms with Crippen molar-refractivity contribution in [1.82, 2.24) is 24.7 Å². The first-order chi connectivity index (χ1) is 11.3. The van der Waals surface area contributed by atoms with Gasteiger partial charge in [-0.3, -0.25) is 0 Å². The van der Waals surface area contributed by atoms with Crippen molar-refractivity contribution < 1.29 is 0 Å². The lowest BCUT2D eigenvalue weighted by Gasteiger charge is -2.27.